The Labute approximate surface area is 98.0 Å². The molecule has 1 saturated heterocycles. The Bertz CT molecular complexity index is 253. The number of nitrogens with zero attached hydrogens (tertiary/aromatic N) is 2. The lowest BCUT2D eigenvalue weighted by molar-refractivity contribution is -0.133. The summed E-state index contributed by atoms with van der Waals surface area (Å²) in [7, 11) is 2.13. The largest absolute Gasteiger partial charge is 0.340 e. The van der Waals surface area contributed by atoms with Gasteiger partial charge in [-0.1, -0.05) is 0 Å². The van der Waals surface area contributed by atoms with Crippen molar-refractivity contribution < 1.29 is 4.79 Å². The van der Waals surface area contributed by atoms with Crippen LogP contribution in [0.5, 0.6) is 0 Å². The minimum absolute atomic E-state index is 0.313. The van der Waals surface area contributed by atoms with E-state index in [1.54, 1.807) is 0 Å². The van der Waals surface area contributed by atoms with E-state index >= 15 is 0 Å². The van der Waals surface area contributed by atoms with E-state index < -0.39 is 0 Å². The summed E-state index contributed by atoms with van der Waals surface area (Å²) >= 11 is 0. The molecule has 1 N–H and O–H groups in total. The first kappa shape index (κ1) is 11.9. The molecule has 0 bridgehead atoms. The molecule has 92 valence electrons. The molecule has 1 amide bonds. The lowest BCUT2D eigenvalue weighted by Crippen LogP contribution is -2.52. The molecule has 1 aliphatic heterocycles. The molecule has 1 heterocycles. The fourth-order valence-corrected chi connectivity index (χ4v) is 2.10. The summed E-state index contributed by atoms with van der Waals surface area (Å²) < 4.78 is 0. The van der Waals surface area contributed by atoms with Crippen molar-refractivity contribution in [2.24, 2.45) is 0 Å². The monoisotopic (exact) mass is 225 g/mol. The zero-order chi connectivity index (χ0) is 11.5. The van der Waals surface area contributed by atoms with Gasteiger partial charge in [0.15, 0.2) is 0 Å². The highest BCUT2D eigenvalue weighted by Gasteiger charge is 2.25. The second kappa shape index (κ2) is 5.15. The fourth-order valence-electron chi connectivity index (χ4n) is 2.10. The highest BCUT2D eigenvalue weighted by Crippen LogP contribution is 2.18. The number of hydrogen-bond acceptors (Lipinski definition) is 3. The zero-order valence-corrected chi connectivity index (χ0v) is 10.4. The van der Waals surface area contributed by atoms with Gasteiger partial charge in [0.1, 0.15) is 0 Å². The Morgan fingerprint density at radius 3 is 2.75 bits per heavy atom. The van der Waals surface area contributed by atoms with E-state index in [-0.39, 0.29) is 0 Å². The maximum Gasteiger partial charge on any atom is 0.223 e. The van der Waals surface area contributed by atoms with Crippen molar-refractivity contribution in [1.29, 1.82) is 0 Å². The van der Waals surface area contributed by atoms with Crippen molar-refractivity contribution in [3.63, 3.8) is 0 Å². The van der Waals surface area contributed by atoms with Crippen LogP contribution in [-0.4, -0.2) is 61.0 Å². The average molecular weight is 225 g/mol. The molecule has 0 aromatic carbocycles. The molecule has 1 unspecified atom stereocenters. The Kier molecular flexibility index (Phi) is 3.82. The van der Waals surface area contributed by atoms with E-state index in [0.29, 0.717) is 24.4 Å². The van der Waals surface area contributed by atoms with Crippen LogP contribution < -0.4 is 5.32 Å². The van der Waals surface area contributed by atoms with Gasteiger partial charge in [0.25, 0.3) is 0 Å². The maximum atomic E-state index is 11.9. The fraction of sp³-hybridized carbons (Fsp3) is 0.917. The maximum absolute atomic E-state index is 11.9. The first-order chi connectivity index (χ1) is 7.66. The summed E-state index contributed by atoms with van der Waals surface area (Å²) in [4.78, 5) is 16.2. The van der Waals surface area contributed by atoms with Crippen molar-refractivity contribution in [2.45, 2.75) is 38.3 Å². The van der Waals surface area contributed by atoms with Crippen LogP contribution in [0.15, 0.2) is 0 Å². The van der Waals surface area contributed by atoms with Crippen LogP contribution in [0.2, 0.25) is 0 Å². The van der Waals surface area contributed by atoms with E-state index in [0.717, 1.165) is 26.2 Å². The average Bonchev–Trinajstić information content (AvgIpc) is 3.06. The molecule has 2 rings (SSSR count). The third-order valence-corrected chi connectivity index (χ3v) is 3.66. The van der Waals surface area contributed by atoms with Crippen LogP contribution in [0.25, 0.3) is 0 Å². The standard InChI is InChI=1S/C12H23N3O/c1-10-9-15(8-7-14(10)2)12(16)5-6-13-11-3-4-11/h10-11,13H,3-9H2,1-2H3. The minimum atomic E-state index is 0.313. The van der Waals surface area contributed by atoms with Gasteiger partial charge in [-0.3, -0.25) is 4.79 Å². The Morgan fingerprint density at radius 1 is 1.38 bits per heavy atom. The zero-order valence-electron chi connectivity index (χ0n) is 10.4. The lowest BCUT2D eigenvalue weighted by Gasteiger charge is -2.37. The molecule has 1 aliphatic carbocycles. The quantitative estimate of drug-likeness (QED) is 0.747. The van der Waals surface area contributed by atoms with Crippen molar-refractivity contribution in [2.75, 3.05) is 33.2 Å². The SMILES string of the molecule is CC1CN(C(=O)CCNC2CC2)CCN1C. The molecular formula is C12H23N3O. The number of amides is 1. The predicted molar refractivity (Wildman–Crippen MR) is 64.3 cm³/mol. The number of rotatable bonds is 4. The Morgan fingerprint density at radius 2 is 2.12 bits per heavy atom. The molecule has 0 aromatic heterocycles. The molecule has 0 aromatic rings. The van der Waals surface area contributed by atoms with Crippen LogP contribution >= 0.6 is 0 Å². The second-order valence-electron chi connectivity index (χ2n) is 5.15. The van der Waals surface area contributed by atoms with Gasteiger partial charge in [-0.2, -0.15) is 0 Å². The highest BCUT2D eigenvalue weighted by atomic mass is 16.2. The van der Waals surface area contributed by atoms with Crippen molar-refractivity contribution in [1.82, 2.24) is 15.1 Å². The van der Waals surface area contributed by atoms with Gasteiger partial charge in [0, 0.05) is 44.7 Å². The Balaban J connectivity index is 1.67. The van der Waals surface area contributed by atoms with Crippen molar-refractivity contribution in [3.05, 3.63) is 0 Å². The number of carbonyl (C=O) groups excluding carboxylic acids is 1. The molecule has 0 spiro atoms. The van der Waals surface area contributed by atoms with Crippen LogP contribution in [-0.2, 0) is 4.79 Å². The second-order valence-corrected chi connectivity index (χ2v) is 5.15. The third kappa shape index (κ3) is 3.19. The summed E-state index contributed by atoms with van der Waals surface area (Å²) in [6.07, 6.45) is 3.24. The van der Waals surface area contributed by atoms with E-state index in [1.807, 2.05) is 4.90 Å². The Hall–Kier alpha value is -0.610. The molecule has 1 atom stereocenters. The molecular weight excluding hydrogens is 202 g/mol. The summed E-state index contributed by atoms with van der Waals surface area (Å²) in [6.45, 7) is 5.82. The molecule has 4 heteroatoms. The molecule has 2 fully saturated rings. The number of hydrogen-bond donors (Lipinski definition) is 1. The third-order valence-electron chi connectivity index (χ3n) is 3.66. The van der Waals surface area contributed by atoms with Gasteiger partial charge < -0.3 is 15.1 Å². The molecule has 2 aliphatic rings. The smallest absolute Gasteiger partial charge is 0.223 e. The number of likely N-dealkylation sites (N-methyl/N-ethyl adjacent to an activating group) is 1. The molecule has 4 nitrogen and oxygen atoms in total. The van der Waals surface area contributed by atoms with Gasteiger partial charge in [-0.05, 0) is 26.8 Å². The normalized spacial score (nSPS) is 27.1. The minimum Gasteiger partial charge on any atom is -0.340 e. The van der Waals surface area contributed by atoms with E-state index in [1.165, 1.54) is 12.8 Å². The molecule has 16 heavy (non-hydrogen) atoms. The number of carbonyl (C=O) groups is 1. The van der Waals surface area contributed by atoms with Gasteiger partial charge in [-0.15, -0.1) is 0 Å². The summed E-state index contributed by atoms with van der Waals surface area (Å²) in [5, 5.41) is 3.39. The number of nitrogens with one attached hydrogen (secondary N) is 1. The predicted octanol–water partition coefficient (Wildman–Crippen LogP) is 0.291. The summed E-state index contributed by atoms with van der Waals surface area (Å²) in [5.74, 6) is 0.313. The first-order valence-electron chi connectivity index (χ1n) is 6.38. The first-order valence-corrected chi connectivity index (χ1v) is 6.38. The van der Waals surface area contributed by atoms with E-state index in [4.69, 9.17) is 0 Å². The summed E-state index contributed by atoms with van der Waals surface area (Å²) in [6, 6.07) is 1.20. The summed E-state index contributed by atoms with van der Waals surface area (Å²) in [5.41, 5.74) is 0. The lowest BCUT2D eigenvalue weighted by atomic mass is 10.2. The van der Waals surface area contributed by atoms with Gasteiger partial charge in [0.05, 0.1) is 0 Å². The van der Waals surface area contributed by atoms with E-state index in [9.17, 15) is 4.79 Å². The van der Waals surface area contributed by atoms with Gasteiger partial charge >= 0.3 is 0 Å². The van der Waals surface area contributed by atoms with Crippen molar-refractivity contribution >= 4 is 5.91 Å². The van der Waals surface area contributed by atoms with Crippen LogP contribution in [0.3, 0.4) is 0 Å². The van der Waals surface area contributed by atoms with Crippen LogP contribution in [0, 0.1) is 0 Å². The van der Waals surface area contributed by atoms with E-state index in [2.05, 4.69) is 24.2 Å². The highest BCUT2D eigenvalue weighted by molar-refractivity contribution is 5.76. The van der Waals surface area contributed by atoms with Gasteiger partial charge in [-0.25, -0.2) is 0 Å². The number of piperazine rings is 1. The topological polar surface area (TPSA) is 35.6 Å². The van der Waals surface area contributed by atoms with Crippen LogP contribution in [0.4, 0.5) is 0 Å². The molecule has 1 saturated carbocycles. The molecule has 0 radical (unpaired) electrons. The van der Waals surface area contributed by atoms with Crippen LogP contribution in [0.1, 0.15) is 26.2 Å². The van der Waals surface area contributed by atoms with Gasteiger partial charge in [0.2, 0.25) is 5.91 Å². The van der Waals surface area contributed by atoms with Crippen molar-refractivity contribution in [3.8, 4) is 0 Å².